The van der Waals surface area contributed by atoms with Crippen molar-refractivity contribution in [2.75, 3.05) is 5.32 Å². The Kier molecular flexibility index (Phi) is 4.29. The molecule has 104 valence electrons. The molecule has 0 fully saturated rings. The van der Waals surface area contributed by atoms with E-state index in [-0.39, 0.29) is 5.69 Å². The van der Waals surface area contributed by atoms with Gasteiger partial charge >= 0.3 is 5.97 Å². The number of hydrogen-bond donors (Lipinski definition) is 2. The summed E-state index contributed by atoms with van der Waals surface area (Å²) in [5, 5.41) is 11.5. The van der Waals surface area contributed by atoms with Crippen LogP contribution in [0.5, 0.6) is 0 Å². The van der Waals surface area contributed by atoms with Crippen LogP contribution < -0.4 is 5.32 Å². The molecule has 2 N–H and O–H groups in total. The predicted molar refractivity (Wildman–Crippen MR) is 70.3 cm³/mol. The van der Waals surface area contributed by atoms with Crippen molar-refractivity contribution in [3.63, 3.8) is 0 Å². The highest BCUT2D eigenvalue weighted by Gasteiger charge is 2.37. The topological polar surface area (TPSA) is 66.4 Å². The minimum atomic E-state index is -1.24. The molecule has 0 aliphatic carbocycles. The van der Waals surface area contributed by atoms with E-state index in [9.17, 15) is 14.0 Å². The Morgan fingerprint density at radius 2 is 1.89 bits per heavy atom. The molecule has 4 nitrogen and oxygen atoms in total. The Morgan fingerprint density at radius 3 is 2.37 bits per heavy atom. The van der Waals surface area contributed by atoms with Crippen LogP contribution in [0.4, 0.5) is 10.1 Å². The number of anilines is 1. The lowest BCUT2D eigenvalue weighted by Crippen LogP contribution is -2.39. The fraction of sp³-hybridized carbons (Fsp3) is 0.429. The van der Waals surface area contributed by atoms with Gasteiger partial charge in [-0.25, -0.2) is 4.39 Å². The zero-order valence-electron chi connectivity index (χ0n) is 11.5. The van der Waals surface area contributed by atoms with Crippen LogP contribution in [-0.2, 0) is 9.59 Å². The molecule has 0 radical (unpaired) electrons. The Bertz CT molecular complexity index is 506. The molecule has 0 heterocycles. The maximum absolute atomic E-state index is 13.5. The largest absolute Gasteiger partial charge is 0.481 e. The van der Waals surface area contributed by atoms with Crippen molar-refractivity contribution in [2.24, 2.45) is 11.3 Å². The van der Waals surface area contributed by atoms with E-state index in [2.05, 4.69) is 5.32 Å². The van der Waals surface area contributed by atoms with E-state index in [1.807, 2.05) is 0 Å². The maximum Gasteiger partial charge on any atom is 0.316 e. The summed E-state index contributed by atoms with van der Waals surface area (Å²) in [7, 11) is 0. The molecule has 1 atom stereocenters. The number of aryl methyl sites for hydroxylation is 1. The number of benzene rings is 1. The molecule has 0 aliphatic rings. The molecule has 0 saturated carbocycles. The minimum Gasteiger partial charge on any atom is -0.481 e. The molecule has 0 aromatic heterocycles. The van der Waals surface area contributed by atoms with E-state index >= 15 is 0 Å². The lowest BCUT2D eigenvalue weighted by atomic mass is 9.80. The van der Waals surface area contributed by atoms with Crippen molar-refractivity contribution >= 4 is 17.6 Å². The van der Waals surface area contributed by atoms with E-state index in [4.69, 9.17) is 5.11 Å². The lowest BCUT2D eigenvalue weighted by Gasteiger charge is -2.26. The SMILES string of the molecule is Cc1ccc(F)c(NC(=O)C(C(=O)O)C(C)(C)C)c1. The number of carbonyl (C=O) groups is 2. The second kappa shape index (κ2) is 5.38. The van der Waals surface area contributed by atoms with Gasteiger partial charge in [0.15, 0.2) is 0 Å². The zero-order valence-corrected chi connectivity index (χ0v) is 11.5. The Labute approximate surface area is 111 Å². The third kappa shape index (κ3) is 3.77. The molecule has 1 aromatic rings. The van der Waals surface area contributed by atoms with Crippen LogP contribution in [0.2, 0.25) is 0 Å². The number of carbonyl (C=O) groups excluding carboxylic acids is 1. The second-order valence-corrected chi connectivity index (χ2v) is 5.61. The monoisotopic (exact) mass is 267 g/mol. The van der Waals surface area contributed by atoms with E-state index in [0.29, 0.717) is 0 Å². The van der Waals surface area contributed by atoms with Gasteiger partial charge < -0.3 is 10.4 Å². The van der Waals surface area contributed by atoms with Crippen LogP contribution in [0.3, 0.4) is 0 Å². The third-order valence-corrected chi connectivity index (χ3v) is 2.75. The number of halogens is 1. The normalized spacial score (nSPS) is 12.9. The first-order valence-electron chi connectivity index (χ1n) is 5.92. The van der Waals surface area contributed by atoms with Crippen LogP contribution in [-0.4, -0.2) is 17.0 Å². The summed E-state index contributed by atoms with van der Waals surface area (Å²) in [6.07, 6.45) is 0. The minimum absolute atomic E-state index is 0.000463. The average molecular weight is 267 g/mol. The van der Waals surface area contributed by atoms with Gasteiger partial charge in [0, 0.05) is 0 Å². The van der Waals surface area contributed by atoms with Crippen molar-refractivity contribution in [3.8, 4) is 0 Å². The fourth-order valence-electron chi connectivity index (χ4n) is 1.82. The standard InChI is InChI=1S/C14H18FNO3/c1-8-5-6-9(15)10(7-8)16-12(17)11(13(18)19)14(2,3)4/h5-7,11H,1-4H3,(H,16,17)(H,18,19). The summed E-state index contributed by atoms with van der Waals surface area (Å²) in [5.74, 6) is -3.77. The number of carboxylic acid groups (broad SMARTS) is 1. The Hall–Kier alpha value is -1.91. The van der Waals surface area contributed by atoms with Crippen molar-refractivity contribution < 1.29 is 19.1 Å². The highest BCUT2D eigenvalue weighted by molar-refractivity contribution is 6.04. The summed E-state index contributed by atoms with van der Waals surface area (Å²) in [6.45, 7) is 6.71. The van der Waals surface area contributed by atoms with Crippen LogP contribution >= 0.6 is 0 Å². The first-order chi connectivity index (χ1) is 8.62. The molecule has 1 aromatic carbocycles. The average Bonchev–Trinajstić information content (AvgIpc) is 2.20. The molecule has 1 amide bonds. The van der Waals surface area contributed by atoms with Gasteiger partial charge in [-0.2, -0.15) is 0 Å². The number of hydrogen-bond acceptors (Lipinski definition) is 2. The third-order valence-electron chi connectivity index (χ3n) is 2.75. The second-order valence-electron chi connectivity index (χ2n) is 5.61. The van der Waals surface area contributed by atoms with Crippen molar-refractivity contribution in [1.82, 2.24) is 0 Å². The first kappa shape index (κ1) is 15.1. The number of aliphatic carboxylic acids is 1. The molecular formula is C14H18FNO3. The van der Waals surface area contributed by atoms with Crippen LogP contribution in [0.1, 0.15) is 26.3 Å². The quantitative estimate of drug-likeness (QED) is 0.827. The molecule has 0 aliphatic heterocycles. The van der Waals surface area contributed by atoms with Gasteiger partial charge in [-0.05, 0) is 30.0 Å². The molecule has 1 unspecified atom stereocenters. The van der Waals surface area contributed by atoms with Gasteiger partial charge in [-0.15, -0.1) is 0 Å². The van der Waals surface area contributed by atoms with Gasteiger partial charge in [0.25, 0.3) is 0 Å². The molecule has 5 heteroatoms. The Balaban J connectivity index is 3.01. The molecular weight excluding hydrogens is 249 g/mol. The van der Waals surface area contributed by atoms with E-state index in [1.54, 1.807) is 33.8 Å². The van der Waals surface area contributed by atoms with Gasteiger partial charge in [0.1, 0.15) is 11.7 Å². The summed E-state index contributed by atoms with van der Waals surface area (Å²) in [6, 6.07) is 4.27. The van der Waals surface area contributed by atoms with Crippen molar-refractivity contribution in [2.45, 2.75) is 27.7 Å². The smallest absolute Gasteiger partial charge is 0.316 e. The number of rotatable bonds is 3. The lowest BCUT2D eigenvalue weighted by molar-refractivity contribution is -0.149. The molecule has 0 spiro atoms. The fourth-order valence-corrected chi connectivity index (χ4v) is 1.82. The highest BCUT2D eigenvalue weighted by Crippen LogP contribution is 2.28. The van der Waals surface area contributed by atoms with E-state index in [1.165, 1.54) is 12.1 Å². The van der Waals surface area contributed by atoms with E-state index < -0.39 is 29.0 Å². The molecule has 0 bridgehead atoms. The van der Waals surface area contributed by atoms with Crippen LogP contribution in [0, 0.1) is 24.1 Å². The maximum atomic E-state index is 13.5. The van der Waals surface area contributed by atoms with Crippen molar-refractivity contribution in [1.29, 1.82) is 0 Å². The zero-order chi connectivity index (χ0) is 14.8. The molecule has 19 heavy (non-hydrogen) atoms. The summed E-state index contributed by atoms with van der Waals surface area (Å²) < 4.78 is 13.5. The summed E-state index contributed by atoms with van der Waals surface area (Å²) >= 11 is 0. The molecule has 0 saturated heterocycles. The number of carboxylic acids is 1. The number of amides is 1. The van der Waals surface area contributed by atoms with Gasteiger partial charge in [-0.1, -0.05) is 26.8 Å². The number of nitrogens with one attached hydrogen (secondary N) is 1. The summed E-state index contributed by atoms with van der Waals surface area (Å²) in [4.78, 5) is 23.2. The van der Waals surface area contributed by atoms with Crippen molar-refractivity contribution in [3.05, 3.63) is 29.6 Å². The molecule has 1 rings (SSSR count). The van der Waals surface area contributed by atoms with Gasteiger partial charge in [0.05, 0.1) is 5.69 Å². The van der Waals surface area contributed by atoms with Gasteiger partial charge in [-0.3, -0.25) is 9.59 Å². The van der Waals surface area contributed by atoms with Gasteiger partial charge in [0.2, 0.25) is 5.91 Å². The van der Waals surface area contributed by atoms with E-state index in [0.717, 1.165) is 5.56 Å². The predicted octanol–water partition coefficient (Wildman–Crippen LogP) is 2.82. The van der Waals surface area contributed by atoms with Crippen LogP contribution in [0.15, 0.2) is 18.2 Å². The first-order valence-corrected chi connectivity index (χ1v) is 5.92. The summed E-state index contributed by atoms with van der Waals surface area (Å²) in [5.41, 5.74) is 0.0239. The highest BCUT2D eigenvalue weighted by atomic mass is 19.1. The van der Waals surface area contributed by atoms with Crippen LogP contribution in [0.25, 0.3) is 0 Å². The Morgan fingerprint density at radius 1 is 1.32 bits per heavy atom.